The highest BCUT2D eigenvalue weighted by molar-refractivity contribution is 5.97. The predicted molar refractivity (Wildman–Crippen MR) is 107 cm³/mol. The van der Waals surface area contributed by atoms with Crippen LogP contribution in [-0.4, -0.2) is 59.5 Å². The molecule has 1 atom stereocenters. The molecule has 0 spiro atoms. The highest BCUT2D eigenvalue weighted by Gasteiger charge is 2.24. The van der Waals surface area contributed by atoms with Crippen LogP contribution >= 0.6 is 0 Å². The lowest BCUT2D eigenvalue weighted by atomic mass is 10.0. The van der Waals surface area contributed by atoms with Gasteiger partial charge >= 0.3 is 0 Å². The smallest absolute Gasteiger partial charge is 0.255 e. The Morgan fingerprint density at radius 1 is 1.28 bits per heavy atom. The molecule has 3 aromatic rings. The molecule has 1 fully saturated rings. The molecule has 3 heterocycles. The minimum Gasteiger partial charge on any atom is -0.497 e. The van der Waals surface area contributed by atoms with Crippen molar-refractivity contribution in [2.45, 2.75) is 18.9 Å². The number of carbonyl (C=O) groups is 1. The van der Waals surface area contributed by atoms with E-state index >= 15 is 0 Å². The number of carbonyl (C=O) groups excluding carboxylic acids is 1. The molecular weight excluding hydrogens is 372 g/mol. The van der Waals surface area contributed by atoms with Crippen LogP contribution in [0.2, 0.25) is 0 Å². The number of hydrogen-bond acceptors (Lipinski definition) is 7. The molecule has 4 rings (SSSR count). The Balaban J connectivity index is 1.49. The Morgan fingerprint density at radius 2 is 2.14 bits per heavy atom. The average molecular weight is 396 g/mol. The summed E-state index contributed by atoms with van der Waals surface area (Å²) >= 11 is 0. The fraction of sp³-hybridized carbons (Fsp3) is 0.400. The summed E-state index contributed by atoms with van der Waals surface area (Å²) in [6.07, 6.45) is 4.39. The molecule has 1 unspecified atom stereocenters. The van der Waals surface area contributed by atoms with Crippen molar-refractivity contribution in [2.75, 3.05) is 33.9 Å². The van der Waals surface area contributed by atoms with Gasteiger partial charge in [0.15, 0.2) is 5.65 Å². The first-order valence-electron chi connectivity index (χ1n) is 9.59. The normalized spacial score (nSPS) is 16.1. The quantitative estimate of drug-likeness (QED) is 0.621. The van der Waals surface area contributed by atoms with Crippen molar-refractivity contribution in [1.82, 2.24) is 30.4 Å². The van der Waals surface area contributed by atoms with E-state index in [-0.39, 0.29) is 5.91 Å². The van der Waals surface area contributed by atoms with E-state index < -0.39 is 0 Å². The summed E-state index contributed by atoms with van der Waals surface area (Å²) in [6.45, 7) is 2.77. The van der Waals surface area contributed by atoms with Crippen LogP contribution in [0.1, 0.15) is 28.4 Å². The monoisotopic (exact) mass is 396 g/mol. The lowest BCUT2D eigenvalue weighted by Gasteiger charge is -2.11. The van der Waals surface area contributed by atoms with Gasteiger partial charge in [-0.25, -0.2) is 14.6 Å². The molecule has 2 N–H and O–H groups in total. The summed E-state index contributed by atoms with van der Waals surface area (Å²) < 4.78 is 12.3. The lowest BCUT2D eigenvalue weighted by Crippen LogP contribution is -2.28. The second-order valence-corrected chi connectivity index (χ2v) is 6.85. The number of amides is 1. The second-order valence-electron chi connectivity index (χ2n) is 6.85. The number of fused-ring (bicyclic) bond motifs is 1. The van der Waals surface area contributed by atoms with E-state index in [4.69, 9.17) is 14.6 Å². The van der Waals surface area contributed by atoms with E-state index in [1.54, 1.807) is 37.7 Å². The van der Waals surface area contributed by atoms with Crippen LogP contribution < -0.4 is 20.1 Å². The van der Waals surface area contributed by atoms with Crippen molar-refractivity contribution in [1.29, 1.82) is 0 Å². The largest absolute Gasteiger partial charge is 0.497 e. The van der Waals surface area contributed by atoms with Gasteiger partial charge in [0.2, 0.25) is 0 Å². The molecule has 2 aromatic heterocycles. The van der Waals surface area contributed by atoms with Crippen molar-refractivity contribution in [3.8, 4) is 11.5 Å². The number of hydrogen-bond donors (Lipinski definition) is 2. The first kappa shape index (κ1) is 19.1. The van der Waals surface area contributed by atoms with Crippen molar-refractivity contribution in [3.63, 3.8) is 0 Å². The van der Waals surface area contributed by atoms with Gasteiger partial charge in [-0.2, -0.15) is 5.10 Å². The maximum atomic E-state index is 12.6. The first-order valence-corrected chi connectivity index (χ1v) is 9.59. The molecule has 9 heteroatoms. The fourth-order valence-electron chi connectivity index (χ4n) is 3.61. The molecular formula is C20H24N6O3. The zero-order chi connectivity index (χ0) is 20.2. The highest BCUT2D eigenvalue weighted by Crippen LogP contribution is 2.27. The summed E-state index contributed by atoms with van der Waals surface area (Å²) in [6, 6.07) is 5.13. The lowest BCUT2D eigenvalue weighted by molar-refractivity contribution is 0.0948. The Kier molecular flexibility index (Phi) is 5.57. The van der Waals surface area contributed by atoms with Gasteiger partial charge in [0.05, 0.1) is 32.0 Å². The number of rotatable bonds is 7. The molecule has 9 nitrogen and oxygen atoms in total. The molecule has 1 aromatic carbocycles. The molecule has 0 radical (unpaired) electrons. The third-order valence-electron chi connectivity index (χ3n) is 5.10. The van der Waals surface area contributed by atoms with Gasteiger partial charge in [-0.15, -0.1) is 0 Å². The van der Waals surface area contributed by atoms with Crippen molar-refractivity contribution in [3.05, 3.63) is 41.9 Å². The van der Waals surface area contributed by atoms with Gasteiger partial charge in [-0.3, -0.25) is 4.79 Å². The van der Waals surface area contributed by atoms with Gasteiger partial charge in [-0.05, 0) is 31.2 Å². The van der Waals surface area contributed by atoms with Crippen LogP contribution in [0.15, 0.2) is 30.6 Å². The molecule has 1 saturated heterocycles. The van der Waals surface area contributed by atoms with E-state index in [9.17, 15) is 4.79 Å². The molecule has 0 bridgehead atoms. The van der Waals surface area contributed by atoms with Crippen molar-refractivity contribution >= 4 is 17.1 Å². The molecule has 1 aliphatic rings. The minimum absolute atomic E-state index is 0.233. The second kappa shape index (κ2) is 8.44. The maximum Gasteiger partial charge on any atom is 0.255 e. The number of nitrogens with zero attached hydrogens (tertiary/aromatic N) is 4. The van der Waals surface area contributed by atoms with Gasteiger partial charge in [0.25, 0.3) is 5.91 Å². The summed E-state index contributed by atoms with van der Waals surface area (Å²) in [7, 11) is 3.09. The number of methoxy groups -OCH3 is 2. The van der Waals surface area contributed by atoms with Crippen LogP contribution in [0.3, 0.4) is 0 Å². The molecule has 29 heavy (non-hydrogen) atoms. The number of benzene rings is 1. The fourth-order valence-corrected chi connectivity index (χ4v) is 3.61. The zero-order valence-corrected chi connectivity index (χ0v) is 16.5. The van der Waals surface area contributed by atoms with Crippen LogP contribution in [0.4, 0.5) is 0 Å². The number of ether oxygens (including phenoxy) is 2. The maximum absolute atomic E-state index is 12.6. The van der Waals surface area contributed by atoms with E-state index in [2.05, 4.69) is 20.6 Å². The third kappa shape index (κ3) is 3.86. The van der Waals surface area contributed by atoms with E-state index in [0.717, 1.165) is 36.4 Å². The summed E-state index contributed by atoms with van der Waals surface area (Å²) in [4.78, 5) is 21.6. The molecule has 152 valence electrons. The van der Waals surface area contributed by atoms with Gasteiger partial charge in [-0.1, -0.05) is 0 Å². The Morgan fingerprint density at radius 3 is 2.90 bits per heavy atom. The SMILES string of the molecule is COc1ccc(OC)c(C(=O)NCCn2nc(C3CCNC3)c3nccnc32)c1. The van der Waals surface area contributed by atoms with E-state index in [0.29, 0.717) is 36.1 Å². The first-order chi connectivity index (χ1) is 14.2. The standard InChI is InChI=1S/C20H24N6O3/c1-28-14-3-4-16(29-2)15(11-14)20(27)24-9-10-26-19-18(22-7-8-23-19)17(25-26)13-5-6-21-12-13/h3-4,7-8,11,13,21H,5-6,9-10,12H2,1-2H3,(H,24,27). The number of aromatic nitrogens is 4. The Hall–Kier alpha value is -3.20. The molecule has 0 saturated carbocycles. The predicted octanol–water partition coefficient (Wildman–Crippen LogP) is 1.35. The summed E-state index contributed by atoms with van der Waals surface area (Å²) in [5, 5.41) is 11.0. The number of nitrogens with one attached hydrogen (secondary N) is 2. The molecule has 0 aliphatic carbocycles. The summed E-state index contributed by atoms with van der Waals surface area (Å²) in [5.41, 5.74) is 2.97. The van der Waals surface area contributed by atoms with E-state index in [1.807, 2.05) is 4.68 Å². The third-order valence-corrected chi connectivity index (χ3v) is 5.10. The molecule has 1 amide bonds. The van der Waals surface area contributed by atoms with Crippen molar-refractivity contribution in [2.24, 2.45) is 0 Å². The van der Waals surface area contributed by atoms with E-state index in [1.165, 1.54) is 7.11 Å². The minimum atomic E-state index is -0.233. The zero-order valence-electron chi connectivity index (χ0n) is 16.5. The summed E-state index contributed by atoms with van der Waals surface area (Å²) in [5.74, 6) is 1.20. The van der Waals surface area contributed by atoms with Crippen LogP contribution in [-0.2, 0) is 6.54 Å². The Bertz CT molecular complexity index is 1010. The van der Waals surface area contributed by atoms with Crippen molar-refractivity contribution < 1.29 is 14.3 Å². The topological polar surface area (TPSA) is 103 Å². The van der Waals surface area contributed by atoms with Crippen LogP contribution in [0.25, 0.3) is 11.2 Å². The van der Waals surface area contributed by atoms with Crippen LogP contribution in [0.5, 0.6) is 11.5 Å². The van der Waals surface area contributed by atoms with Gasteiger partial charge in [0, 0.05) is 31.4 Å². The molecule has 1 aliphatic heterocycles. The Labute approximate surface area is 168 Å². The average Bonchev–Trinajstić information content (AvgIpc) is 3.41. The highest BCUT2D eigenvalue weighted by atomic mass is 16.5. The van der Waals surface area contributed by atoms with Gasteiger partial charge in [0.1, 0.15) is 17.0 Å². The van der Waals surface area contributed by atoms with Gasteiger partial charge < -0.3 is 20.1 Å². The van der Waals surface area contributed by atoms with Crippen LogP contribution in [0, 0.1) is 0 Å².